The Balaban J connectivity index is 1.49. The minimum absolute atomic E-state index is 0.0185. The molecule has 1 fully saturated rings. The van der Waals surface area contributed by atoms with E-state index in [4.69, 9.17) is 4.74 Å². The molecule has 0 bridgehead atoms. The number of carbonyl (C=O) groups excluding carboxylic acids is 2. The highest BCUT2D eigenvalue weighted by Crippen LogP contribution is 2.49. The van der Waals surface area contributed by atoms with Crippen molar-refractivity contribution in [2.75, 3.05) is 38.7 Å². The van der Waals surface area contributed by atoms with Gasteiger partial charge >= 0.3 is 6.03 Å². The molecule has 0 aliphatic carbocycles. The van der Waals surface area contributed by atoms with E-state index < -0.39 is 11.9 Å². The maximum atomic E-state index is 14.1. The summed E-state index contributed by atoms with van der Waals surface area (Å²) in [5, 5.41) is 14.0. The number of methoxy groups -OCH3 is 1. The van der Waals surface area contributed by atoms with Crippen LogP contribution in [0.3, 0.4) is 0 Å². The summed E-state index contributed by atoms with van der Waals surface area (Å²) in [6.45, 7) is 3.03. The van der Waals surface area contributed by atoms with Crippen molar-refractivity contribution in [1.29, 1.82) is 0 Å². The van der Waals surface area contributed by atoms with E-state index in [0.29, 0.717) is 38.9 Å². The monoisotopic (exact) mass is 494 g/mol. The number of nitrogens with zero attached hydrogens (tertiary/aromatic N) is 2. The Bertz CT molecular complexity index is 1300. The van der Waals surface area contributed by atoms with Gasteiger partial charge in [-0.15, -0.1) is 0 Å². The molecule has 8 nitrogen and oxygen atoms in total. The molecule has 5 rings (SSSR count). The summed E-state index contributed by atoms with van der Waals surface area (Å²) in [6, 6.07) is 11.2. The number of carbonyl (C=O) groups is 2. The SMILES string of the molecule is CCC(=O)N1CC2(CCN(C(=O)Nc3ccccc3F)CC2)c2c([nH]c3cc(OC)ccc23)[C@@H]1CO. The Morgan fingerprint density at radius 1 is 1.22 bits per heavy atom. The van der Waals surface area contributed by atoms with E-state index in [2.05, 4.69) is 10.3 Å². The van der Waals surface area contributed by atoms with E-state index >= 15 is 0 Å². The number of hydrogen-bond acceptors (Lipinski definition) is 4. The second-order valence-corrected chi connectivity index (χ2v) is 9.58. The first-order valence-electron chi connectivity index (χ1n) is 12.3. The number of nitrogens with one attached hydrogen (secondary N) is 2. The van der Waals surface area contributed by atoms with Crippen LogP contribution in [-0.4, -0.2) is 65.2 Å². The van der Waals surface area contributed by atoms with Gasteiger partial charge in [0, 0.05) is 54.1 Å². The highest BCUT2D eigenvalue weighted by molar-refractivity contribution is 5.90. The molecule has 2 aliphatic rings. The molecule has 1 spiro atoms. The zero-order valence-electron chi connectivity index (χ0n) is 20.5. The molecule has 1 atom stereocenters. The normalized spacial score (nSPS) is 18.8. The van der Waals surface area contributed by atoms with E-state index in [1.54, 1.807) is 29.0 Å². The Kier molecular flexibility index (Phi) is 6.34. The van der Waals surface area contributed by atoms with Crippen LogP contribution in [0.15, 0.2) is 42.5 Å². The molecule has 3 N–H and O–H groups in total. The number of benzene rings is 2. The number of anilines is 1. The molecule has 1 aromatic heterocycles. The number of aliphatic hydroxyl groups is 1. The highest BCUT2D eigenvalue weighted by atomic mass is 19.1. The predicted octanol–water partition coefficient (Wildman–Crippen LogP) is 4.17. The number of ether oxygens (including phenoxy) is 1. The van der Waals surface area contributed by atoms with Crippen molar-refractivity contribution in [2.24, 2.45) is 0 Å². The van der Waals surface area contributed by atoms with Gasteiger partial charge in [-0.05, 0) is 42.7 Å². The summed E-state index contributed by atoms with van der Waals surface area (Å²) >= 11 is 0. The number of aromatic amines is 1. The fraction of sp³-hybridized carbons (Fsp3) is 0.407. The average Bonchev–Trinajstić information content (AvgIpc) is 3.29. The molecule has 2 aliphatic heterocycles. The maximum Gasteiger partial charge on any atom is 0.321 e. The number of para-hydroxylation sites is 1. The van der Waals surface area contributed by atoms with Crippen molar-refractivity contribution in [3.05, 3.63) is 59.5 Å². The van der Waals surface area contributed by atoms with Crippen LogP contribution >= 0.6 is 0 Å². The van der Waals surface area contributed by atoms with Gasteiger partial charge < -0.3 is 29.9 Å². The molecule has 2 aromatic carbocycles. The van der Waals surface area contributed by atoms with Crippen LogP contribution in [0.25, 0.3) is 10.9 Å². The van der Waals surface area contributed by atoms with Crippen molar-refractivity contribution in [1.82, 2.24) is 14.8 Å². The topological polar surface area (TPSA) is 97.9 Å². The summed E-state index contributed by atoms with van der Waals surface area (Å²) in [7, 11) is 1.62. The molecule has 3 aromatic rings. The molecular weight excluding hydrogens is 463 g/mol. The zero-order valence-corrected chi connectivity index (χ0v) is 20.5. The first-order valence-corrected chi connectivity index (χ1v) is 12.3. The third kappa shape index (κ3) is 3.97. The lowest BCUT2D eigenvalue weighted by Crippen LogP contribution is -2.56. The summed E-state index contributed by atoms with van der Waals surface area (Å²) in [4.78, 5) is 32.8. The molecule has 3 heterocycles. The molecule has 3 amide bonds. The van der Waals surface area contributed by atoms with Crippen LogP contribution in [0.5, 0.6) is 5.75 Å². The summed E-state index contributed by atoms with van der Waals surface area (Å²) in [5.74, 6) is 0.223. The Labute approximate surface area is 209 Å². The number of aliphatic hydroxyl groups excluding tert-OH is 1. The number of H-pyrrole nitrogens is 1. The van der Waals surface area contributed by atoms with Gasteiger partial charge in [0.2, 0.25) is 5.91 Å². The molecule has 9 heteroatoms. The van der Waals surface area contributed by atoms with Gasteiger partial charge in [-0.2, -0.15) is 0 Å². The van der Waals surface area contributed by atoms with Crippen molar-refractivity contribution in [3.63, 3.8) is 0 Å². The van der Waals surface area contributed by atoms with Gasteiger partial charge in [0.25, 0.3) is 0 Å². The predicted molar refractivity (Wildman–Crippen MR) is 135 cm³/mol. The number of urea groups is 1. The number of hydrogen-bond donors (Lipinski definition) is 3. The van der Waals surface area contributed by atoms with E-state index in [1.807, 2.05) is 25.1 Å². The number of piperidine rings is 1. The van der Waals surface area contributed by atoms with Crippen molar-refractivity contribution in [2.45, 2.75) is 37.6 Å². The lowest BCUT2D eigenvalue weighted by atomic mass is 9.68. The minimum atomic E-state index is -0.478. The van der Waals surface area contributed by atoms with Gasteiger partial charge in [-0.25, -0.2) is 9.18 Å². The fourth-order valence-electron chi connectivity index (χ4n) is 5.77. The Morgan fingerprint density at radius 3 is 2.64 bits per heavy atom. The van der Waals surface area contributed by atoms with Crippen LogP contribution in [0.1, 0.15) is 43.5 Å². The third-order valence-electron chi connectivity index (χ3n) is 7.67. The second kappa shape index (κ2) is 9.46. The van der Waals surface area contributed by atoms with Crippen LogP contribution in [0.2, 0.25) is 0 Å². The molecule has 0 unspecified atom stereocenters. The van der Waals surface area contributed by atoms with Crippen LogP contribution < -0.4 is 10.1 Å². The standard InChI is InChI=1S/C27H31FN4O4/c1-3-23(34)32-16-27(10-12-31(13-11-27)26(35)30-20-7-5-4-6-19(20)28)24-18-9-8-17(36-2)14-21(18)29-25(24)22(32)15-33/h4-9,14,22,29,33H,3,10-13,15-16H2,1-2H3,(H,30,35)/t22-/m0/s1. The number of fused-ring (bicyclic) bond motifs is 4. The van der Waals surface area contributed by atoms with Crippen molar-refractivity contribution < 1.29 is 23.8 Å². The van der Waals surface area contributed by atoms with Gasteiger partial charge in [-0.1, -0.05) is 19.1 Å². The van der Waals surface area contributed by atoms with Gasteiger partial charge in [0.1, 0.15) is 11.6 Å². The molecule has 1 saturated heterocycles. The van der Waals surface area contributed by atoms with E-state index in [1.165, 1.54) is 12.1 Å². The molecular formula is C27H31FN4O4. The first kappa shape index (κ1) is 24.1. The van der Waals surface area contributed by atoms with Crippen LogP contribution in [-0.2, 0) is 10.2 Å². The number of rotatable bonds is 4. The fourth-order valence-corrected chi connectivity index (χ4v) is 5.77. The quantitative estimate of drug-likeness (QED) is 0.507. The summed E-state index contributed by atoms with van der Waals surface area (Å²) in [5.41, 5.74) is 2.61. The van der Waals surface area contributed by atoms with E-state index in [9.17, 15) is 19.1 Å². The third-order valence-corrected chi connectivity index (χ3v) is 7.67. The summed E-state index contributed by atoms with van der Waals surface area (Å²) in [6.07, 6.45) is 1.61. The van der Waals surface area contributed by atoms with Crippen LogP contribution in [0, 0.1) is 5.82 Å². The van der Waals surface area contributed by atoms with Crippen molar-refractivity contribution in [3.8, 4) is 5.75 Å². The lowest BCUT2D eigenvalue weighted by molar-refractivity contribution is -0.137. The number of likely N-dealkylation sites (tertiary alicyclic amines) is 1. The first-order chi connectivity index (χ1) is 17.4. The van der Waals surface area contributed by atoms with E-state index in [-0.39, 0.29) is 29.6 Å². The minimum Gasteiger partial charge on any atom is -0.497 e. The van der Waals surface area contributed by atoms with Gasteiger partial charge in [-0.3, -0.25) is 4.79 Å². The molecule has 36 heavy (non-hydrogen) atoms. The summed E-state index contributed by atoms with van der Waals surface area (Å²) < 4.78 is 19.5. The largest absolute Gasteiger partial charge is 0.497 e. The number of halogens is 1. The Hall–Kier alpha value is -3.59. The second-order valence-electron chi connectivity index (χ2n) is 9.58. The van der Waals surface area contributed by atoms with Crippen molar-refractivity contribution >= 4 is 28.5 Å². The molecule has 0 radical (unpaired) electrons. The molecule has 190 valence electrons. The zero-order chi connectivity index (χ0) is 25.4. The van der Waals surface area contributed by atoms with Gasteiger partial charge in [0.05, 0.1) is 25.4 Å². The Morgan fingerprint density at radius 2 is 1.97 bits per heavy atom. The smallest absolute Gasteiger partial charge is 0.321 e. The number of aromatic nitrogens is 1. The molecule has 0 saturated carbocycles. The van der Waals surface area contributed by atoms with Gasteiger partial charge in [0.15, 0.2) is 0 Å². The number of amides is 3. The highest BCUT2D eigenvalue weighted by Gasteiger charge is 2.48. The van der Waals surface area contributed by atoms with Crippen LogP contribution in [0.4, 0.5) is 14.9 Å². The van der Waals surface area contributed by atoms with E-state index in [0.717, 1.165) is 27.9 Å². The average molecular weight is 495 g/mol. The lowest BCUT2D eigenvalue weighted by Gasteiger charge is -2.50. The maximum absolute atomic E-state index is 14.1.